The molecular weight excluding hydrogens is 494 g/mol. The lowest BCUT2D eigenvalue weighted by Crippen LogP contribution is -2.23. The number of alkyl halides is 3. The van der Waals surface area contributed by atoms with Crippen LogP contribution in [0.25, 0.3) is 10.8 Å². The van der Waals surface area contributed by atoms with Gasteiger partial charge in [-0.05, 0) is 49.9 Å². The van der Waals surface area contributed by atoms with Crippen LogP contribution in [0.15, 0.2) is 23.8 Å². The molecule has 4 rings (SSSR count). The van der Waals surface area contributed by atoms with Crippen molar-refractivity contribution < 1.29 is 27.2 Å². The molecule has 3 aromatic rings. The third-order valence-corrected chi connectivity index (χ3v) is 6.31. The maximum atomic E-state index is 14.5. The van der Waals surface area contributed by atoms with Crippen molar-refractivity contribution in [3.63, 3.8) is 0 Å². The lowest BCUT2D eigenvalue weighted by molar-refractivity contribution is -0.162. The number of nitrogens with one attached hydrogen (secondary N) is 1. The minimum atomic E-state index is -4.51. The van der Waals surface area contributed by atoms with Gasteiger partial charge in [-0.2, -0.15) is 26.7 Å². The zero-order valence-electron chi connectivity index (χ0n) is 18.1. The Balaban J connectivity index is 0.00000324. The van der Waals surface area contributed by atoms with E-state index >= 15 is 0 Å². The Morgan fingerprint density at radius 2 is 2.00 bits per heavy atom. The number of Topliss-reactive ketones (excluding diaryl/α,β-unsaturated/α-hetero) is 1. The quantitative estimate of drug-likeness (QED) is 0.454. The highest BCUT2D eigenvalue weighted by Crippen LogP contribution is 2.34. The minimum Gasteiger partial charge on any atom is -0.306 e. The predicted molar refractivity (Wildman–Crippen MR) is 123 cm³/mol. The first kappa shape index (κ1) is 25.8. The van der Waals surface area contributed by atoms with E-state index < -0.39 is 23.9 Å². The van der Waals surface area contributed by atoms with Crippen LogP contribution in [0, 0.1) is 18.7 Å². The van der Waals surface area contributed by atoms with Crippen LogP contribution in [0.3, 0.4) is 0 Å². The molecule has 1 aliphatic rings. The number of thiazole rings is 1. The van der Waals surface area contributed by atoms with Gasteiger partial charge in [0, 0.05) is 17.7 Å². The summed E-state index contributed by atoms with van der Waals surface area (Å²) in [5.41, 5.74) is 0.904. The van der Waals surface area contributed by atoms with Crippen LogP contribution in [0.1, 0.15) is 47.3 Å². The van der Waals surface area contributed by atoms with Crippen molar-refractivity contribution in [2.45, 2.75) is 45.3 Å². The molecule has 182 valence electrons. The van der Waals surface area contributed by atoms with E-state index in [2.05, 4.69) is 20.5 Å². The molecule has 0 spiro atoms. The minimum absolute atomic E-state index is 0. The average molecular weight is 516 g/mol. The van der Waals surface area contributed by atoms with Gasteiger partial charge in [0.15, 0.2) is 10.8 Å². The summed E-state index contributed by atoms with van der Waals surface area (Å²) in [5, 5.41) is 11.2. The van der Waals surface area contributed by atoms with Crippen molar-refractivity contribution in [1.29, 1.82) is 0 Å². The number of carbonyl (C=O) groups excluding carboxylic acids is 2. The van der Waals surface area contributed by atoms with Crippen LogP contribution in [0.2, 0.25) is 0 Å². The van der Waals surface area contributed by atoms with Gasteiger partial charge in [-0.15, -0.1) is 21.5 Å². The second-order valence-electron chi connectivity index (χ2n) is 7.95. The van der Waals surface area contributed by atoms with E-state index in [1.165, 1.54) is 17.5 Å². The first-order valence-electron chi connectivity index (χ1n) is 10.1. The molecule has 1 aliphatic carbocycles. The lowest BCUT2D eigenvalue weighted by Gasteiger charge is -2.17. The molecule has 0 saturated heterocycles. The van der Waals surface area contributed by atoms with Crippen molar-refractivity contribution in [2.24, 2.45) is 5.92 Å². The third kappa shape index (κ3) is 5.46. The Kier molecular flexibility index (Phi) is 7.46. The van der Waals surface area contributed by atoms with Crippen molar-refractivity contribution >= 4 is 42.3 Å². The number of hydrogen-bond donors (Lipinski definition) is 1. The van der Waals surface area contributed by atoms with Gasteiger partial charge in [0.1, 0.15) is 29.8 Å². The molecule has 0 radical (unpaired) electrons. The van der Waals surface area contributed by atoms with Crippen molar-refractivity contribution in [3.8, 4) is 10.8 Å². The molecule has 1 saturated carbocycles. The summed E-state index contributed by atoms with van der Waals surface area (Å²) in [6, 6.07) is 0.690. The van der Waals surface area contributed by atoms with Gasteiger partial charge in [0.2, 0.25) is 0 Å². The summed E-state index contributed by atoms with van der Waals surface area (Å²) in [6.07, 6.45) is -1.71. The number of rotatable bonds is 7. The van der Waals surface area contributed by atoms with Gasteiger partial charge in [-0.3, -0.25) is 14.2 Å². The molecule has 13 heteroatoms. The van der Waals surface area contributed by atoms with E-state index in [0.29, 0.717) is 11.1 Å². The maximum Gasteiger partial charge on any atom is 0.408 e. The number of aryl methyl sites for hydroxylation is 1. The number of aromatic nitrogens is 4. The summed E-state index contributed by atoms with van der Waals surface area (Å²) >= 11 is 0.960. The molecule has 2 heterocycles. The molecule has 7 nitrogen and oxygen atoms in total. The average Bonchev–Trinajstić information content (AvgIpc) is 3.30. The third-order valence-electron chi connectivity index (χ3n) is 5.47. The number of benzene rings is 1. The molecule has 1 amide bonds. The van der Waals surface area contributed by atoms with Crippen LogP contribution in [-0.4, -0.2) is 37.6 Å². The smallest absolute Gasteiger partial charge is 0.306 e. The van der Waals surface area contributed by atoms with Gasteiger partial charge in [0.25, 0.3) is 5.91 Å². The highest BCUT2D eigenvalue weighted by atomic mass is 32.1. The highest BCUT2D eigenvalue weighted by molar-refractivity contribution is 7.59. The molecule has 1 aromatic carbocycles. The standard InChI is InChI=1S/C21H19F4N5O2S.H2S/c1-10-5-15(22)14(6-13(10)7-16(31)12-3-4-12)19(32)27-17-8-33-20(28-17)18-29-26-9-30(18)11(2)21(23,24)25;/h5-6,8-9,11-12H,3-4,7H2,1-2H3,(H,27,32);1H2/t11-;/m0./s1. The first-order valence-corrected chi connectivity index (χ1v) is 11.0. The van der Waals surface area contributed by atoms with Crippen LogP contribution >= 0.6 is 24.8 Å². The molecule has 0 aliphatic heterocycles. The van der Waals surface area contributed by atoms with Crippen LogP contribution in [0.4, 0.5) is 23.4 Å². The summed E-state index contributed by atoms with van der Waals surface area (Å²) in [4.78, 5) is 28.9. The van der Waals surface area contributed by atoms with Gasteiger partial charge in [0.05, 0.1) is 5.56 Å². The van der Waals surface area contributed by atoms with Gasteiger partial charge >= 0.3 is 6.18 Å². The largest absolute Gasteiger partial charge is 0.408 e. The Labute approximate surface area is 203 Å². The van der Waals surface area contributed by atoms with E-state index in [4.69, 9.17) is 0 Å². The second kappa shape index (κ2) is 9.82. The molecular formula is C21H21F4N5O2S2. The molecule has 34 heavy (non-hydrogen) atoms. The summed E-state index contributed by atoms with van der Waals surface area (Å²) < 4.78 is 54.6. The lowest BCUT2D eigenvalue weighted by atomic mass is 9.98. The monoisotopic (exact) mass is 515 g/mol. The van der Waals surface area contributed by atoms with Crippen molar-refractivity contribution in [1.82, 2.24) is 19.7 Å². The van der Waals surface area contributed by atoms with Crippen LogP contribution in [-0.2, 0) is 11.2 Å². The van der Waals surface area contributed by atoms with Gasteiger partial charge < -0.3 is 5.32 Å². The predicted octanol–water partition coefficient (Wildman–Crippen LogP) is 4.86. The zero-order valence-corrected chi connectivity index (χ0v) is 19.9. The number of nitrogens with zero attached hydrogens (tertiary/aromatic N) is 4. The highest BCUT2D eigenvalue weighted by Gasteiger charge is 2.39. The van der Waals surface area contributed by atoms with E-state index in [1.807, 2.05) is 0 Å². The summed E-state index contributed by atoms with van der Waals surface area (Å²) in [5.74, 6) is -1.49. The van der Waals surface area contributed by atoms with E-state index in [1.54, 1.807) is 6.92 Å². The van der Waals surface area contributed by atoms with Crippen LogP contribution in [0.5, 0.6) is 0 Å². The second-order valence-corrected chi connectivity index (χ2v) is 8.81. The molecule has 2 aromatic heterocycles. The number of halogens is 4. The summed E-state index contributed by atoms with van der Waals surface area (Å²) in [7, 11) is 0. The molecule has 1 fully saturated rings. The van der Waals surface area contributed by atoms with Crippen molar-refractivity contribution in [2.75, 3.05) is 5.32 Å². The van der Waals surface area contributed by atoms with Crippen molar-refractivity contribution in [3.05, 3.63) is 46.3 Å². The topological polar surface area (TPSA) is 89.8 Å². The fraction of sp³-hybridized carbons (Fsp3) is 0.381. The first-order chi connectivity index (χ1) is 15.5. The molecule has 0 bridgehead atoms. The summed E-state index contributed by atoms with van der Waals surface area (Å²) in [6.45, 7) is 2.64. The van der Waals surface area contributed by atoms with Crippen LogP contribution < -0.4 is 5.32 Å². The zero-order chi connectivity index (χ0) is 23.9. The Hall–Kier alpha value is -2.80. The fourth-order valence-corrected chi connectivity index (χ4v) is 4.01. The number of hydrogen-bond acceptors (Lipinski definition) is 6. The molecule has 1 atom stereocenters. The Morgan fingerprint density at radius 3 is 2.65 bits per heavy atom. The maximum absolute atomic E-state index is 14.5. The normalized spacial score (nSPS) is 14.4. The fourth-order valence-electron chi connectivity index (χ4n) is 3.27. The Morgan fingerprint density at radius 1 is 1.29 bits per heavy atom. The van der Waals surface area contributed by atoms with Gasteiger partial charge in [-0.1, -0.05) is 0 Å². The number of carbonyl (C=O) groups is 2. The van der Waals surface area contributed by atoms with E-state index in [0.717, 1.165) is 42.0 Å². The van der Waals surface area contributed by atoms with Gasteiger partial charge in [-0.25, -0.2) is 9.37 Å². The van der Waals surface area contributed by atoms with E-state index in [-0.39, 0.29) is 53.8 Å². The molecule has 1 N–H and O–H groups in total. The Bertz CT molecular complexity index is 1220. The number of anilines is 1. The number of ketones is 1. The van der Waals surface area contributed by atoms with E-state index in [9.17, 15) is 27.2 Å². The SMILES string of the molecule is Cc1cc(F)c(C(=O)Nc2csc(-c3nncn3[C@@H](C)C(F)(F)F)n2)cc1CC(=O)C1CC1.S. The number of amides is 1. The molecule has 0 unspecified atom stereocenters.